The second-order valence-corrected chi connectivity index (χ2v) is 8.56. The van der Waals surface area contributed by atoms with Gasteiger partial charge in [-0.3, -0.25) is 19.7 Å². The Morgan fingerprint density at radius 1 is 1.11 bits per heavy atom. The molecule has 4 rings (SSSR count). The lowest BCUT2D eigenvalue weighted by Crippen LogP contribution is -2.37. The van der Waals surface area contributed by atoms with Crippen LogP contribution in [-0.2, 0) is 23.9 Å². The van der Waals surface area contributed by atoms with Gasteiger partial charge in [0.2, 0.25) is 17.0 Å². The lowest BCUT2D eigenvalue weighted by molar-refractivity contribution is -0.154. The molecule has 0 saturated carbocycles. The van der Waals surface area contributed by atoms with Crippen molar-refractivity contribution in [3.63, 3.8) is 0 Å². The molecule has 1 unspecified atom stereocenters. The maximum Gasteiger partial charge on any atom is 0.375 e. The monoisotopic (exact) mass is 510 g/mol. The van der Waals surface area contributed by atoms with Crippen LogP contribution < -0.4 is 15.6 Å². The highest BCUT2D eigenvalue weighted by atomic mass is 32.1. The predicted octanol–water partition coefficient (Wildman–Crippen LogP) is 0.940. The molecule has 2 aromatic rings. The number of aromatic hydroxyl groups is 1. The van der Waals surface area contributed by atoms with Gasteiger partial charge in [-0.2, -0.15) is 4.90 Å². The van der Waals surface area contributed by atoms with E-state index in [2.05, 4.69) is 25.0 Å². The predicted molar refractivity (Wildman–Crippen MR) is 127 cm³/mol. The Morgan fingerprint density at radius 2 is 1.86 bits per heavy atom. The van der Waals surface area contributed by atoms with E-state index in [0.29, 0.717) is 5.52 Å². The van der Waals surface area contributed by atoms with Crippen molar-refractivity contribution in [3.8, 4) is 17.3 Å². The van der Waals surface area contributed by atoms with Crippen LogP contribution in [0.3, 0.4) is 0 Å². The molecule has 0 radical (unpaired) electrons. The molecule has 1 aliphatic heterocycles. The largest absolute Gasteiger partial charge is 0.612 e. The van der Waals surface area contributed by atoms with Gasteiger partial charge in [-0.25, -0.2) is 14.8 Å². The van der Waals surface area contributed by atoms with Crippen LogP contribution in [0.1, 0.15) is 17.2 Å². The average molecular weight is 510 g/mol. The quantitative estimate of drug-likeness (QED) is 0.145. The minimum Gasteiger partial charge on any atom is -0.612 e. The number of hydrogen-bond acceptors (Lipinski definition) is 11. The molecule has 2 aliphatic rings. The van der Waals surface area contributed by atoms with Gasteiger partial charge in [-0.1, -0.05) is 17.4 Å². The molecular weight excluding hydrogens is 494 g/mol. The third kappa shape index (κ3) is 4.56. The maximum absolute atomic E-state index is 13.1. The number of amides is 1. The number of carbonyl (C=O) groups excluding carboxylic acids is 4. The second-order valence-electron chi connectivity index (χ2n) is 7.53. The number of rotatable bonds is 6. The lowest BCUT2D eigenvalue weighted by Gasteiger charge is -2.16. The number of carbonyl (C=O) groups is 4. The number of anilines is 1. The number of esters is 1. The van der Waals surface area contributed by atoms with Crippen LogP contribution in [0.25, 0.3) is 21.6 Å². The van der Waals surface area contributed by atoms with Crippen molar-refractivity contribution >= 4 is 50.1 Å². The smallest absolute Gasteiger partial charge is 0.375 e. The Bertz CT molecular complexity index is 1590. The number of aromatic nitrogens is 3. The zero-order valence-corrected chi connectivity index (χ0v) is 19.4. The zero-order valence-electron chi connectivity index (χ0n) is 18.6. The second kappa shape index (κ2) is 9.42. The summed E-state index contributed by atoms with van der Waals surface area (Å²) in [6.07, 6.45) is 0. The van der Waals surface area contributed by atoms with Crippen LogP contribution in [0.5, 0.6) is 5.88 Å². The molecule has 36 heavy (non-hydrogen) atoms. The minimum absolute atomic E-state index is 0.0105. The van der Waals surface area contributed by atoms with Crippen molar-refractivity contribution in [2.24, 2.45) is 0 Å². The first-order valence-electron chi connectivity index (χ1n) is 10.1. The summed E-state index contributed by atoms with van der Waals surface area (Å²) in [6, 6.07) is 8.80. The molecular formula is C22H16N5O8S-. The van der Waals surface area contributed by atoms with Crippen LogP contribution in [0.15, 0.2) is 36.4 Å². The fraction of sp³-hybridized carbons (Fsp3) is 0.136. The van der Waals surface area contributed by atoms with Crippen LogP contribution in [-0.4, -0.2) is 50.6 Å². The Kier molecular flexibility index (Phi) is 6.35. The number of ketones is 2. The first-order valence-corrected chi connectivity index (χ1v) is 11.0. The molecule has 1 aliphatic carbocycles. The molecule has 1 amide bonds. The van der Waals surface area contributed by atoms with Gasteiger partial charge in [-0.05, 0) is 30.7 Å². The summed E-state index contributed by atoms with van der Waals surface area (Å²) >= 11 is 1.09. The molecule has 1 aromatic carbocycles. The van der Waals surface area contributed by atoms with Gasteiger partial charge in [0.05, 0.1) is 28.7 Å². The van der Waals surface area contributed by atoms with Crippen LogP contribution in [0, 0.1) is 17.3 Å². The number of benzene rings is 2. The van der Waals surface area contributed by atoms with Crippen molar-refractivity contribution in [1.29, 1.82) is 0 Å². The lowest BCUT2D eigenvalue weighted by atomic mass is 9.93. The number of hydrogen-bond donors (Lipinski definition) is 3. The van der Waals surface area contributed by atoms with Crippen LogP contribution in [0.2, 0.25) is 0 Å². The van der Waals surface area contributed by atoms with Crippen LogP contribution in [0.4, 0.5) is 5.13 Å². The van der Waals surface area contributed by atoms with E-state index < -0.39 is 45.8 Å². The number of H-pyrrole nitrogens is 1. The summed E-state index contributed by atoms with van der Waals surface area (Å²) in [5.74, 6) is -8.58. The Labute approximate surface area is 205 Å². The summed E-state index contributed by atoms with van der Waals surface area (Å²) in [7, 11) is 0.907. The van der Waals surface area contributed by atoms with E-state index in [0.717, 1.165) is 40.8 Å². The standard InChI is InChI=1S/C22H16N5O8S/c1-9-3-5-12-14(7-9)36-22(25-12)26-20(31)17(28)15(18(29)21(32)35-2)16-19(30)24-13-8-10(27(33)34)4-6-11(13)23-16/h3-8,15H,1-2H3,(H3-,23,24,25,26,28,29,30,31,32,33,34)/q-1. The number of methoxy groups -OCH3 is 1. The van der Waals surface area contributed by atoms with E-state index in [4.69, 9.17) is 0 Å². The number of ether oxygens (including phenoxy) is 1. The van der Waals surface area contributed by atoms with E-state index in [1.807, 2.05) is 19.1 Å². The van der Waals surface area contributed by atoms with Gasteiger partial charge in [0.1, 0.15) is 11.6 Å². The molecule has 13 nitrogen and oxygen atoms in total. The number of nitrogens with zero attached hydrogens (tertiary/aromatic N) is 3. The minimum atomic E-state index is -2.16. The topological polar surface area (TPSA) is 200 Å². The highest BCUT2D eigenvalue weighted by Crippen LogP contribution is 2.30. The maximum atomic E-state index is 13.1. The van der Waals surface area contributed by atoms with Gasteiger partial charge in [0, 0.05) is 12.1 Å². The average Bonchev–Trinajstić information content (AvgIpc) is 3.24. The number of thiazole rings is 1. The molecule has 2 heterocycles. The molecule has 1 aromatic heterocycles. The molecule has 1 atom stereocenters. The SMILES string of the molecule is COC(=O)C(=O)C(C(=O)C(=O)Nc1nc2ccc(C)cc2s1)c1nc2ccc(=[N+]([O-])[O-])cc-2[nH]c1O. The van der Waals surface area contributed by atoms with Gasteiger partial charge in [0.25, 0.3) is 11.7 Å². The van der Waals surface area contributed by atoms with Crippen molar-refractivity contribution in [2.45, 2.75) is 12.8 Å². The van der Waals surface area contributed by atoms with Crippen molar-refractivity contribution in [3.05, 3.63) is 63.4 Å². The Balaban J connectivity index is 1.74. The zero-order chi connectivity index (χ0) is 26.1. The fourth-order valence-corrected chi connectivity index (χ4v) is 4.33. The molecule has 184 valence electrons. The number of nitrogens with one attached hydrogen (secondary N) is 2. The van der Waals surface area contributed by atoms with Gasteiger partial charge >= 0.3 is 5.97 Å². The van der Waals surface area contributed by atoms with Gasteiger partial charge in [-0.15, -0.1) is 0 Å². The van der Waals surface area contributed by atoms with E-state index in [-0.39, 0.29) is 21.9 Å². The highest BCUT2D eigenvalue weighted by Gasteiger charge is 2.41. The summed E-state index contributed by atoms with van der Waals surface area (Å²) in [4.78, 5) is 60.6. The van der Waals surface area contributed by atoms with Gasteiger partial charge in [0.15, 0.2) is 5.13 Å². The molecule has 14 heteroatoms. The van der Waals surface area contributed by atoms with E-state index in [1.54, 1.807) is 6.07 Å². The molecule has 0 spiro atoms. The van der Waals surface area contributed by atoms with Crippen molar-refractivity contribution in [1.82, 2.24) is 19.9 Å². The Hall–Kier alpha value is -4.85. The van der Waals surface area contributed by atoms with Crippen molar-refractivity contribution < 1.29 is 29.0 Å². The van der Waals surface area contributed by atoms with Crippen LogP contribution >= 0.6 is 11.3 Å². The summed E-state index contributed by atoms with van der Waals surface area (Å²) < 4.78 is 5.15. The summed E-state index contributed by atoms with van der Waals surface area (Å²) in [5, 5.41) is 34.6. The first-order chi connectivity index (χ1) is 17.1. The summed E-state index contributed by atoms with van der Waals surface area (Å²) in [6.45, 7) is 1.88. The third-order valence-electron chi connectivity index (χ3n) is 5.10. The van der Waals surface area contributed by atoms with E-state index in [1.165, 1.54) is 6.07 Å². The number of aromatic amines is 1. The van der Waals surface area contributed by atoms with E-state index >= 15 is 0 Å². The normalized spacial score (nSPS) is 11.7. The van der Waals surface area contributed by atoms with Gasteiger partial charge < -0.3 is 25.2 Å². The number of Topliss-reactive ketones (excluding diaryl/α,β-unsaturated/α-hetero) is 2. The highest BCUT2D eigenvalue weighted by molar-refractivity contribution is 7.22. The molecule has 3 N–H and O–H groups in total. The number of aryl methyl sites for hydroxylation is 1. The number of fused-ring (bicyclic) bond motifs is 2. The van der Waals surface area contributed by atoms with E-state index in [9.17, 15) is 34.7 Å². The van der Waals surface area contributed by atoms with Crippen molar-refractivity contribution in [2.75, 3.05) is 12.4 Å². The molecule has 0 bridgehead atoms. The third-order valence-corrected chi connectivity index (χ3v) is 6.03. The summed E-state index contributed by atoms with van der Waals surface area (Å²) in [5.41, 5.74) is 0.936. The fourth-order valence-electron chi connectivity index (χ4n) is 3.37. The molecule has 0 fully saturated rings. The first kappa shape index (κ1) is 24.3. The Morgan fingerprint density at radius 3 is 2.56 bits per heavy atom. The molecule has 0 saturated heterocycles.